The number of hydrogen-bond acceptors (Lipinski definition) is 6. The Hall–Kier alpha value is -1.71. The molecule has 7 nitrogen and oxygen atoms in total. The Balaban J connectivity index is 2.18. The summed E-state index contributed by atoms with van der Waals surface area (Å²) in [6.07, 6.45) is 0. The van der Waals surface area contributed by atoms with Gasteiger partial charge in [-0.2, -0.15) is 0 Å². The van der Waals surface area contributed by atoms with Crippen molar-refractivity contribution >= 4 is 27.3 Å². The summed E-state index contributed by atoms with van der Waals surface area (Å²) >= 11 is 0.752. The van der Waals surface area contributed by atoms with E-state index < -0.39 is 21.7 Å². The van der Waals surface area contributed by atoms with Gasteiger partial charge in [0, 0.05) is 0 Å². The third-order valence-corrected chi connectivity index (χ3v) is 4.99. The van der Waals surface area contributed by atoms with Crippen molar-refractivity contribution in [2.75, 3.05) is 0 Å². The van der Waals surface area contributed by atoms with Crippen molar-refractivity contribution in [3.05, 3.63) is 34.9 Å². The SMILES string of the molecule is Cc1ccc(CNS(=O)(=O)c2scnc2C(=O)O)o1. The number of thiazole rings is 1. The molecule has 2 heterocycles. The van der Waals surface area contributed by atoms with Crippen molar-refractivity contribution in [3.63, 3.8) is 0 Å². The smallest absolute Gasteiger partial charge is 0.356 e. The third kappa shape index (κ3) is 3.00. The highest BCUT2D eigenvalue weighted by atomic mass is 32.2. The summed E-state index contributed by atoms with van der Waals surface area (Å²) < 4.78 is 31.1. The molecule has 0 aliphatic heterocycles. The van der Waals surface area contributed by atoms with E-state index in [0.29, 0.717) is 11.5 Å². The Morgan fingerprint density at radius 2 is 2.26 bits per heavy atom. The molecule has 0 amide bonds. The van der Waals surface area contributed by atoms with Gasteiger partial charge in [0.1, 0.15) is 11.5 Å². The molecule has 0 fully saturated rings. The normalized spacial score (nSPS) is 11.6. The van der Waals surface area contributed by atoms with E-state index in [1.54, 1.807) is 19.1 Å². The highest BCUT2D eigenvalue weighted by molar-refractivity contribution is 7.91. The molecule has 2 aromatic heterocycles. The second-order valence-corrected chi connectivity index (χ2v) is 6.45. The maximum absolute atomic E-state index is 12.0. The lowest BCUT2D eigenvalue weighted by Crippen LogP contribution is -2.24. The number of sulfonamides is 1. The number of carbonyl (C=O) groups is 1. The molecule has 9 heteroatoms. The lowest BCUT2D eigenvalue weighted by atomic mass is 10.4. The van der Waals surface area contributed by atoms with E-state index in [2.05, 4.69) is 9.71 Å². The van der Waals surface area contributed by atoms with Crippen molar-refractivity contribution in [1.29, 1.82) is 0 Å². The van der Waals surface area contributed by atoms with Crippen LogP contribution in [-0.2, 0) is 16.6 Å². The fourth-order valence-corrected chi connectivity index (χ4v) is 3.56. The Morgan fingerprint density at radius 1 is 1.53 bits per heavy atom. The number of nitrogens with zero attached hydrogens (tertiary/aromatic N) is 1. The van der Waals surface area contributed by atoms with Gasteiger partial charge in [-0.15, -0.1) is 11.3 Å². The van der Waals surface area contributed by atoms with Crippen LogP contribution in [0.1, 0.15) is 22.0 Å². The highest BCUT2D eigenvalue weighted by Gasteiger charge is 2.25. The van der Waals surface area contributed by atoms with Gasteiger partial charge in [-0.05, 0) is 19.1 Å². The molecule has 0 aliphatic rings. The van der Waals surface area contributed by atoms with Crippen LogP contribution in [0.4, 0.5) is 0 Å². The van der Waals surface area contributed by atoms with Gasteiger partial charge in [-0.25, -0.2) is 22.9 Å². The van der Waals surface area contributed by atoms with E-state index in [1.807, 2.05) is 0 Å². The Bertz CT molecular complexity index is 701. The molecule has 2 rings (SSSR count). The minimum Gasteiger partial charge on any atom is -0.476 e. The predicted octanol–water partition coefficient (Wildman–Crippen LogP) is 1.22. The first kappa shape index (κ1) is 13.7. The van der Waals surface area contributed by atoms with Crippen LogP contribution >= 0.6 is 11.3 Å². The van der Waals surface area contributed by atoms with Crippen LogP contribution in [0.25, 0.3) is 0 Å². The first-order chi connectivity index (χ1) is 8.90. The van der Waals surface area contributed by atoms with Crippen molar-refractivity contribution < 1.29 is 22.7 Å². The average molecular weight is 302 g/mol. The molecule has 0 bridgehead atoms. The summed E-state index contributed by atoms with van der Waals surface area (Å²) in [6.45, 7) is 1.69. The summed E-state index contributed by atoms with van der Waals surface area (Å²) in [5.74, 6) is -0.267. The molecular formula is C10H10N2O5S2. The van der Waals surface area contributed by atoms with Crippen LogP contribution in [0, 0.1) is 6.92 Å². The molecule has 0 saturated carbocycles. The zero-order chi connectivity index (χ0) is 14.0. The first-order valence-electron chi connectivity index (χ1n) is 5.12. The first-order valence-corrected chi connectivity index (χ1v) is 7.48. The zero-order valence-electron chi connectivity index (χ0n) is 9.78. The summed E-state index contributed by atoms with van der Waals surface area (Å²) in [5, 5.41) is 8.84. The largest absolute Gasteiger partial charge is 0.476 e. The lowest BCUT2D eigenvalue weighted by Gasteiger charge is -2.03. The number of nitrogens with one attached hydrogen (secondary N) is 1. The molecule has 0 atom stereocenters. The summed E-state index contributed by atoms with van der Waals surface area (Å²) in [7, 11) is -3.92. The second kappa shape index (κ2) is 5.11. The van der Waals surface area contributed by atoms with E-state index in [-0.39, 0.29) is 10.8 Å². The number of aryl methyl sites for hydroxylation is 1. The van der Waals surface area contributed by atoms with E-state index in [1.165, 1.54) is 5.51 Å². The molecule has 19 heavy (non-hydrogen) atoms. The molecule has 0 saturated heterocycles. The molecule has 0 aliphatic carbocycles. The Morgan fingerprint density at radius 3 is 2.84 bits per heavy atom. The van der Waals surface area contributed by atoms with Crippen LogP contribution in [0.5, 0.6) is 0 Å². The lowest BCUT2D eigenvalue weighted by molar-refractivity contribution is 0.0687. The van der Waals surface area contributed by atoms with Crippen LogP contribution in [-0.4, -0.2) is 24.5 Å². The van der Waals surface area contributed by atoms with Crippen LogP contribution in [0.2, 0.25) is 0 Å². The zero-order valence-corrected chi connectivity index (χ0v) is 11.4. The van der Waals surface area contributed by atoms with Gasteiger partial charge in [0.05, 0.1) is 12.1 Å². The van der Waals surface area contributed by atoms with Gasteiger partial charge in [0.25, 0.3) is 10.0 Å². The monoisotopic (exact) mass is 302 g/mol. The van der Waals surface area contributed by atoms with E-state index >= 15 is 0 Å². The number of carboxylic acid groups (broad SMARTS) is 1. The van der Waals surface area contributed by atoms with Crippen LogP contribution in [0.15, 0.2) is 26.3 Å². The maximum Gasteiger partial charge on any atom is 0.356 e. The van der Waals surface area contributed by atoms with Gasteiger partial charge in [-0.1, -0.05) is 0 Å². The number of aromatic carboxylic acids is 1. The summed E-state index contributed by atoms with van der Waals surface area (Å²) in [6, 6.07) is 3.35. The molecule has 102 valence electrons. The molecule has 2 aromatic rings. The standard InChI is InChI=1S/C10H10N2O5S2/c1-6-2-3-7(17-6)4-12-19(15,16)10-8(9(13)14)11-5-18-10/h2-3,5,12H,4H2,1H3,(H,13,14). The summed E-state index contributed by atoms with van der Waals surface area (Å²) in [4.78, 5) is 14.4. The third-order valence-electron chi connectivity index (χ3n) is 2.21. The van der Waals surface area contributed by atoms with Crippen molar-refractivity contribution in [3.8, 4) is 0 Å². The minimum absolute atomic E-state index is 0.0485. The number of rotatable bonds is 5. The average Bonchev–Trinajstić information content (AvgIpc) is 2.94. The summed E-state index contributed by atoms with van der Waals surface area (Å²) in [5.41, 5.74) is 0.697. The molecular weight excluding hydrogens is 292 g/mol. The number of furan rings is 1. The molecule has 0 radical (unpaired) electrons. The number of hydrogen-bond donors (Lipinski definition) is 2. The van der Waals surface area contributed by atoms with Gasteiger partial charge < -0.3 is 9.52 Å². The Kier molecular flexibility index (Phi) is 3.69. The maximum atomic E-state index is 12.0. The van der Waals surface area contributed by atoms with Gasteiger partial charge in [0.2, 0.25) is 0 Å². The topological polar surface area (TPSA) is 110 Å². The van der Waals surface area contributed by atoms with Crippen molar-refractivity contribution in [1.82, 2.24) is 9.71 Å². The fraction of sp³-hybridized carbons (Fsp3) is 0.200. The van der Waals surface area contributed by atoms with Crippen LogP contribution in [0.3, 0.4) is 0 Å². The van der Waals surface area contributed by atoms with Gasteiger partial charge >= 0.3 is 5.97 Å². The van der Waals surface area contributed by atoms with E-state index in [4.69, 9.17) is 9.52 Å². The molecule has 0 unspecified atom stereocenters. The van der Waals surface area contributed by atoms with Crippen molar-refractivity contribution in [2.45, 2.75) is 17.7 Å². The molecule has 0 aromatic carbocycles. The van der Waals surface area contributed by atoms with Crippen molar-refractivity contribution in [2.24, 2.45) is 0 Å². The molecule has 0 spiro atoms. The van der Waals surface area contributed by atoms with E-state index in [9.17, 15) is 13.2 Å². The van der Waals surface area contributed by atoms with E-state index in [0.717, 1.165) is 11.3 Å². The van der Waals surface area contributed by atoms with Gasteiger partial charge in [0.15, 0.2) is 9.90 Å². The second-order valence-electron chi connectivity index (χ2n) is 3.63. The number of carboxylic acids is 1. The molecule has 2 N–H and O–H groups in total. The Labute approximate surface area is 113 Å². The van der Waals surface area contributed by atoms with Crippen LogP contribution < -0.4 is 4.72 Å². The fourth-order valence-electron chi connectivity index (χ4n) is 1.38. The highest BCUT2D eigenvalue weighted by Crippen LogP contribution is 2.20. The quantitative estimate of drug-likeness (QED) is 0.859. The van der Waals surface area contributed by atoms with Gasteiger partial charge in [-0.3, -0.25) is 0 Å². The predicted molar refractivity (Wildman–Crippen MR) is 66.5 cm³/mol. The number of aromatic nitrogens is 1. The minimum atomic E-state index is -3.92.